The number of aryl methyl sites for hydroxylation is 3. The normalized spacial score (nSPS) is 11.6. The van der Waals surface area contributed by atoms with Gasteiger partial charge in [0, 0.05) is 17.8 Å². The van der Waals surface area contributed by atoms with E-state index >= 15 is 0 Å². The predicted molar refractivity (Wildman–Crippen MR) is 77.9 cm³/mol. The van der Waals surface area contributed by atoms with Crippen LogP contribution >= 0.6 is 0 Å². The first-order valence-electron chi connectivity index (χ1n) is 6.19. The van der Waals surface area contributed by atoms with E-state index < -0.39 is 10.0 Å². The van der Waals surface area contributed by atoms with Crippen LogP contribution in [0.2, 0.25) is 0 Å². The van der Waals surface area contributed by atoms with Gasteiger partial charge in [0.1, 0.15) is 0 Å². The molecule has 0 bridgehead atoms. The van der Waals surface area contributed by atoms with Crippen molar-refractivity contribution in [3.63, 3.8) is 0 Å². The zero-order chi connectivity index (χ0) is 14.9. The molecular weight excluding hydrogens is 276 g/mol. The van der Waals surface area contributed by atoms with Gasteiger partial charge in [0.15, 0.2) is 0 Å². The molecule has 2 rings (SSSR count). The molecule has 0 aliphatic carbocycles. The summed E-state index contributed by atoms with van der Waals surface area (Å²) in [5, 5.41) is 6.46. The second-order valence-corrected chi connectivity index (χ2v) is 6.36. The van der Waals surface area contributed by atoms with Crippen LogP contribution in [0, 0.1) is 20.8 Å². The molecule has 1 aromatic heterocycles. The van der Waals surface area contributed by atoms with Gasteiger partial charge >= 0.3 is 0 Å². The van der Waals surface area contributed by atoms with Crippen molar-refractivity contribution in [2.75, 3.05) is 4.72 Å². The molecule has 4 N–H and O–H groups in total. The average Bonchev–Trinajstić information content (AvgIpc) is 2.74. The monoisotopic (exact) mass is 294 g/mol. The third kappa shape index (κ3) is 2.68. The van der Waals surface area contributed by atoms with Gasteiger partial charge in [-0.3, -0.25) is 9.82 Å². The molecule has 0 saturated carbocycles. The van der Waals surface area contributed by atoms with Gasteiger partial charge < -0.3 is 5.73 Å². The lowest BCUT2D eigenvalue weighted by atomic mass is 10.1. The standard InChI is InChI=1S/C13H18N4O2S/c1-8-4-5-12(9(2)6-8)17-20(18,19)13-11(7-14)10(3)15-16-13/h4-6,17H,7,14H2,1-3H3,(H,15,16). The van der Waals surface area contributed by atoms with E-state index in [2.05, 4.69) is 14.9 Å². The highest BCUT2D eigenvalue weighted by molar-refractivity contribution is 7.92. The zero-order valence-corrected chi connectivity index (χ0v) is 12.5. The summed E-state index contributed by atoms with van der Waals surface area (Å²) in [6.07, 6.45) is 0. The first kappa shape index (κ1) is 14.5. The number of benzene rings is 1. The number of hydrogen-bond donors (Lipinski definition) is 3. The van der Waals surface area contributed by atoms with Gasteiger partial charge in [-0.15, -0.1) is 0 Å². The number of nitrogens with two attached hydrogens (primary N) is 1. The van der Waals surface area contributed by atoms with E-state index in [-0.39, 0.29) is 11.6 Å². The summed E-state index contributed by atoms with van der Waals surface area (Å²) in [4.78, 5) is 0. The minimum Gasteiger partial charge on any atom is -0.326 e. The molecule has 0 aliphatic heterocycles. The number of anilines is 1. The van der Waals surface area contributed by atoms with Crippen molar-refractivity contribution in [3.8, 4) is 0 Å². The van der Waals surface area contributed by atoms with Crippen molar-refractivity contribution in [1.29, 1.82) is 0 Å². The number of hydrogen-bond acceptors (Lipinski definition) is 4. The molecule has 20 heavy (non-hydrogen) atoms. The van der Waals surface area contributed by atoms with Crippen LogP contribution in [-0.4, -0.2) is 18.6 Å². The number of aromatic amines is 1. The summed E-state index contributed by atoms with van der Waals surface area (Å²) in [6, 6.07) is 5.51. The molecule has 0 atom stereocenters. The Balaban J connectivity index is 2.41. The second kappa shape index (κ2) is 5.26. The first-order valence-corrected chi connectivity index (χ1v) is 7.67. The second-order valence-electron chi connectivity index (χ2n) is 4.76. The summed E-state index contributed by atoms with van der Waals surface area (Å²) >= 11 is 0. The molecular formula is C13H18N4O2S. The molecule has 108 valence electrons. The van der Waals surface area contributed by atoms with Crippen molar-refractivity contribution in [2.24, 2.45) is 5.73 Å². The molecule has 0 saturated heterocycles. The van der Waals surface area contributed by atoms with E-state index in [1.165, 1.54) is 0 Å². The highest BCUT2D eigenvalue weighted by Crippen LogP contribution is 2.22. The maximum atomic E-state index is 12.4. The van der Waals surface area contributed by atoms with Gasteiger partial charge in [-0.2, -0.15) is 13.5 Å². The van der Waals surface area contributed by atoms with Crippen molar-refractivity contribution < 1.29 is 8.42 Å². The number of aromatic nitrogens is 2. The Hall–Kier alpha value is -1.86. The summed E-state index contributed by atoms with van der Waals surface area (Å²) in [6.45, 7) is 5.66. The number of nitrogens with zero attached hydrogens (tertiary/aromatic N) is 1. The van der Waals surface area contributed by atoms with Crippen molar-refractivity contribution in [2.45, 2.75) is 32.3 Å². The number of H-pyrrole nitrogens is 1. The third-order valence-electron chi connectivity index (χ3n) is 3.12. The van der Waals surface area contributed by atoms with Gasteiger partial charge in [-0.25, -0.2) is 0 Å². The van der Waals surface area contributed by atoms with E-state index in [0.717, 1.165) is 11.1 Å². The smallest absolute Gasteiger partial charge is 0.281 e. The molecule has 0 radical (unpaired) electrons. The molecule has 2 aromatic rings. The Labute approximate surface area is 118 Å². The summed E-state index contributed by atoms with van der Waals surface area (Å²) in [7, 11) is -3.74. The van der Waals surface area contributed by atoms with E-state index in [4.69, 9.17) is 5.73 Å². The number of rotatable bonds is 4. The molecule has 6 nitrogen and oxygen atoms in total. The SMILES string of the molecule is Cc1ccc(NS(=O)(=O)c2n[nH]c(C)c2CN)c(C)c1. The van der Waals surface area contributed by atoms with Crippen molar-refractivity contribution in [3.05, 3.63) is 40.6 Å². The van der Waals surface area contributed by atoms with E-state index in [1.54, 1.807) is 13.0 Å². The van der Waals surface area contributed by atoms with Crippen LogP contribution in [0.25, 0.3) is 0 Å². The van der Waals surface area contributed by atoms with Crippen LogP contribution in [0.3, 0.4) is 0 Å². The number of sulfonamides is 1. The van der Waals surface area contributed by atoms with Gasteiger partial charge in [0.05, 0.1) is 5.69 Å². The highest BCUT2D eigenvalue weighted by Gasteiger charge is 2.23. The Morgan fingerprint density at radius 3 is 2.60 bits per heavy atom. The summed E-state index contributed by atoms with van der Waals surface area (Å²) in [5.41, 5.74) is 9.22. The molecule has 0 unspecified atom stereocenters. The third-order valence-corrected chi connectivity index (χ3v) is 4.46. The maximum absolute atomic E-state index is 12.4. The van der Waals surface area contributed by atoms with Gasteiger partial charge in [-0.1, -0.05) is 17.7 Å². The Bertz CT molecular complexity index is 735. The lowest BCUT2D eigenvalue weighted by Gasteiger charge is -2.10. The molecule has 0 fully saturated rings. The van der Waals surface area contributed by atoms with E-state index in [0.29, 0.717) is 16.9 Å². The van der Waals surface area contributed by atoms with Gasteiger partial charge in [0.2, 0.25) is 5.03 Å². The molecule has 1 heterocycles. The minimum atomic E-state index is -3.74. The fourth-order valence-corrected chi connectivity index (χ4v) is 3.36. The van der Waals surface area contributed by atoms with Crippen LogP contribution in [0.1, 0.15) is 22.4 Å². The number of nitrogens with one attached hydrogen (secondary N) is 2. The molecule has 0 amide bonds. The fraction of sp³-hybridized carbons (Fsp3) is 0.308. The van der Waals surface area contributed by atoms with Crippen LogP contribution in [0.5, 0.6) is 0 Å². The van der Waals surface area contributed by atoms with E-state index in [1.807, 2.05) is 26.0 Å². The predicted octanol–water partition coefficient (Wildman–Crippen LogP) is 1.59. The summed E-state index contributed by atoms with van der Waals surface area (Å²) < 4.78 is 27.3. The molecule has 0 spiro atoms. The van der Waals surface area contributed by atoms with Crippen LogP contribution in [0.4, 0.5) is 5.69 Å². The lowest BCUT2D eigenvalue weighted by molar-refractivity contribution is 0.595. The topological polar surface area (TPSA) is 101 Å². The lowest BCUT2D eigenvalue weighted by Crippen LogP contribution is -2.17. The minimum absolute atomic E-state index is 0.0440. The first-order chi connectivity index (χ1) is 9.35. The highest BCUT2D eigenvalue weighted by atomic mass is 32.2. The van der Waals surface area contributed by atoms with Gasteiger partial charge in [0.25, 0.3) is 10.0 Å². The zero-order valence-electron chi connectivity index (χ0n) is 11.7. The maximum Gasteiger partial charge on any atom is 0.281 e. The van der Waals surface area contributed by atoms with Gasteiger partial charge in [-0.05, 0) is 32.4 Å². The Kier molecular flexibility index (Phi) is 3.82. The van der Waals surface area contributed by atoms with E-state index in [9.17, 15) is 8.42 Å². The molecule has 1 aromatic carbocycles. The molecule has 0 aliphatic rings. The summed E-state index contributed by atoms with van der Waals surface area (Å²) in [5.74, 6) is 0. The van der Waals surface area contributed by atoms with Crippen LogP contribution in [-0.2, 0) is 16.6 Å². The fourth-order valence-electron chi connectivity index (χ4n) is 2.01. The molecule has 7 heteroatoms. The quantitative estimate of drug-likeness (QED) is 0.797. The van der Waals surface area contributed by atoms with Crippen molar-refractivity contribution in [1.82, 2.24) is 10.2 Å². The van der Waals surface area contributed by atoms with Crippen LogP contribution < -0.4 is 10.5 Å². The van der Waals surface area contributed by atoms with Crippen LogP contribution in [0.15, 0.2) is 23.2 Å². The average molecular weight is 294 g/mol. The Morgan fingerprint density at radius 1 is 1.30 bits per heavy atom. The largest absolute Gasteiger partial charge is 0.326 e. The Morgan fingerprint density at radius 2 is 2.00 bits per heavy atom. The van der Waals surface area contributed by atoms with Crippen molar-refractivity contribution >= 4 is 15.7 Å².